The van der Waals surface area contributed by atoms with Gasteiger partial charge in [0.05, 0.1) is 26.4 Å². The number of carbonyl (C=O) groups is 4. The van der Waals surface area contributed by atoms with Crippen LogP contribution in [0.1, 0.15) is 319 Å². The number of esters is 4. The highest BCUT2D eigenvalue weighted by Gasteiger charge is 2.30. The van der Waals surface area contributed by atoms with Crippen LogP contribution in [0.15, 0.2) is 0 Å². The molecule has 0 fully saturated rings. The lowest BCUT2D eigenvalue weighted by Gasteiger charge is -2.21. The van der Waals surface area contributed by atoms with Gasteiger partial charge in [0.1, 0.15) is 19.3 Å². The number of rotatable bonds is 63. The molecule has 17 nitrogen and oxygen atoms in total. The quantitative estimate of drug-likeness (QED) is 0.0222. The summed E-state index contributed by atoms with van der Waals surface area (Å²) in [4.78, 5) is 72.3. The molecule has 19 heteroatoms. The molecule has 0 heterocycles. The first-order chi connectivity index (χ1) is 40.7. The molecule has 504 valence electrons. The van der Waals surface area contributed by atoms with E-state index in [1.165, 1.54) is 109 Å². The van der Waals surface area contributed by atoms with Gasteiger partial charge in [0.25, 0.3) is 0 Å². The highest BCUT2D eigenvalue weighted by atomic mass is 31.2. The Morgan fingerprint density at radius 1 is 0.329 bits per heavy atom. The minimum absolute atomic E-state index is 0.103. The van der Waals surface area contributed by atoms with Crippen molar-refractivity contribution in [1.82, 2.24) is 0 Å². The largest absolute Gasteiger partial charge is 0.472 e. The molecule has 0 aliphatic carbocycles. The number of ether oxygens (including phenoxy) is 4. The average Bonchev–Trinajstić information content (AvgIpc) is 3.57. The predicted octanol–water partition coefficient (Wildman–Crippen LogP) is 18.1. The second-order valence-electron chi connectivity index (χ2n) is 25.3. The van der Waals surface area contributed by atoms with E-state index < -0.39 is 97.5 Å². The first-order valence-corrected chi connectivity index (χ1v) is 37.3. The van der Waals surface area contributed by atoms with Crippen molar-refractivity contribution in [2.24, 2.45) is 23.7 Å². The van der Waals surface area contributed by atoms with Crippen LogP contribution < -0.4 is 0 Å². The lowest BCUT2D eigenvalue weighted by Crippen LogP contribution is -2.30. The summed E-state index contributed by atoms with van der Waals surface area (Å²) in [5.74, 6) is 0.819. The molecular weight excluding hydrogens is 1130 g/mol. The van der Waals surface area contributed by atoms with Gasteiger partial charge in [-0.25, -0.2) is 9.13 Å². The van der Waals surface area contributed by atoms with Gasteiger partial charge in [-0.15, -0.1) is 0 Å². The third kappa shape index (κ3) is 58.2. The van der Waals surface area contributed by atoms with E-state index in [1.807, 2.05) is 0 Å². The van der Waals surface area contributed by atoms with Gasteiger partial charge in [0.2, 0.25) is 0 Å². The Morgan fingerprint density at radius 3 is 0.835 bits per heavy atom. The third-order valence-corrected chi connectivity index (χ3v) is 17.7. The van der Waals surface area contributed by atoms with Gasteiger partial charge < -0.3 is 33.8 Å². The highest BCUT2D eigenvalue weighted by molar-refractivity contribution is 7.47. The Labute approximate surface area is 517 Å². The van der Waals surface area contributed by atoms with E-state index in [0.717, 1.165) is 120 Å². The summed E-state index contributed by atoms with van der Waals surface area (Å²) >= 11 is 0. The maximum Gasteiger partial charge on any atom is 0.472 e. The molecule has 0 spiro atoms. The van der Waals surface area contributed by atoms with Crippen LogP contribution in [0.3, 0.4) is 0 Å². The molecule has 0 radical (unpaired) electrons. The fourth-order valence-corrected chi connectivity index (χ4v) is 11.3. The van der Waals surface area contributed by atoms with Crippen molar-refractivity contribution >= 4 is 39.5 Å². The van der Waals surface area contributed by atoms with Crippen LogP contribution in [-0.2, 0) is 65.4 Å². The van der Waals surface area contributed by atoms with Crippen molar-refractivity contribution in [2.75, 3.05) is 39.6 Å². The molecule has 0 aromatic rings. The number of carbonyl (C=O) groups excluding carboxylic acids is 4. The van der Waals surface area contributed by atoms with E-state index in [0.29, 0.717) is 31.6 Å². The number of phosphoric acid groups is 2. The smallest absolute Gasteiger partial charge is 0.462 e. The number of aliphatic hydroxyl groups excluding tert-OH is 1. The van der Waals surface area contributed by atoms with Crippen LogP contribution in [0.2, 0.25) is 0 Å². The van der Waals surface area contributed by atoms with Crippen molar-refractivity contribution in [1.29, 1.82) is 0 Å². The SMILES string of the molecule is CCC(C)CCCCCCCCCCCCC(=O)O[C@H](COC(=O)CCCCCCCCCC(C)C)COP(=O)(O)OCC(O)COP(=O)(O)OC[C@@H](COC(=O)CCCCCCCCC(C)CC)OC(=O)CCCCCCCCCCC(C)C. The monoisotopic (exact) mass is 1250 g/mol. The number of hydrogen-bond donors (Lipinski definition) is 3. The van der Waals surface area contributed by atoms with Crippen molar-refractivity contribution in [3.8, 4) is 0 Å². The summed E-state index contributed by atoms with van der Waals surface area (Å²) in [6, 6.07) is 0. The maximum atomic E-state index is 13.0. The van der Waals surface area contributed by atoms with Gasteiger partial charge >= 0.3 is 39.5 Å². The Morgan fingerprint density at radius 2 is 0.565 bits per heavy atom. The minimum atomic E-state index is -4.95. The molecule has 85 heavy (non-hydrogen) atoms. The molecule has 3 N–H and O–H groups in total. The molecule has 5 unspecified atom stereocenters. The molecule has 0 saturated carbocycles. The molecule has 0 aromatic heterocycles. The van der Waals surface area contributed by atoms with Crippen molar-refractivity contribution in [3.05, 3.63) is 0 Å². The summed E-state index contributed by atoms with van der Waals surface area (Å²) in [5.41, 5.74) is 0. The third-order valence-electron chi connectivity index (χ3n) is 15.8. The van der Waals surface area contributed by atoms with E-state index >= 15 is 0 Å². The van der Waals surface area contributed by atoms with Crippen LogP contribution in [0.4, 0.5) is 0 Å². The van der Waals surface area contributed by atoms with Crippen LogP contribution >= 0.6 is 15.6 Å². The molecular formula is C66H128O17P2. The standard InChI is InChI=1S/C66H128O17P2/c1-9-58(7)44-36-28-20-13-11-12-14-21-32-40-48-65(70)82-61(52-76-63(68)46-38-30-23-17-19-27-35-43-57(5)6)54-80-84(72,73)78-50-60(67)51-79-85(74,75)81-55-62(53-77-64(69)47-39-31-25-24-29-37-45-59(8)10-2)83-66(71)49-41-33-22-16-15-18-26-34-42-56(3)4/h56-62,67H,9-55H2,1-8H3,(H,72,73)(H,74,75)/t58?,59?,60?,61-,62-/m1/s1. The first-order valence-electron chi connectivity index (χ1n) is 34.3. The van der Waals surface area contributed by atoms with Crippen LogP contribution in [0.5, 0.6) is 0 Å². The number of phosphoric ester groups is 2. The van der Waals surface area contributed by atoms with E-state index in [2.05, 4.69) is 55.4 Å². The van der Waals surface area contributed by atoms with Crippen LogP contribution in [0, 0.1) is 23.7 Å². The highest BCUT2D eigenvalue weighted by Crippen LogP contribution is 2.45. The summed E-state index contributed by atoms with van der Waals surface area (Å²) in [6.07, 6.45) is 36.2. The molecule has 7 atom stereocenters. The molecule has 0 aliphatic heterocycles. The number of hydrogen-bond acceptors (Lipinski definition) is 15. The zero-order valence-electron chi connectivity index (χ0n) is 55.2. The summed E-state index contributed by atoms with van der Waals surface area (Å²) in [5, 5.41) is 10.6. The van der Waals surface area contributed by atoms with Crippen LogP contribution in [-0.4, -0.2) is 96.7 Å². The number of aliphatic hydroxyl groups is 1. The Kier molecular flexibility index (Phi) is 54.8. The molecule has 0 saturated heterocycles. The lowest BCUT2D eigenvalue weighted by molar-refractivity contribution is -0.161. The number of unbranched alkanes of at least 4 members (excludes halogenated alkanes) is 27. The zero-order chi connectivity index (χ0) is 63.2. The van der Waals surface area contributed by atoms with E-state index in [1.54, 1.807) is 0 Å². The van der Waals surface area contributed by atoms with Gasteiger partial charge in [-0.2, -0.15) is 0 Å². The molecule has 0 aliphatic rings. The van der Waals surface area contributed by atoms with E-state index in [9.17, 15) is 43.2 Å². The maximum absolute atomic E-state index is 13.0. The Balaban J connectivity index is 5.26. The van der Waals surface area contributed by atoms with Gasteiger partial charge in [-0.3, -0.25) is 37.3 Å². The van der Waals surface area contributed by atoms with Gasteiger partial charge in [-0.1, -0.05) is 267 Å². The van der Waals surface area contributed by atoms with Crippen molar-refractivity contribution < 1.29 is 80.2 Å². The Bertz CT molecular complexity index is 1700. The lowest BCUT2D eigenvalue weighted by atomic mass is 9.99. The molecule has 0 rings (SSSR count). The fourth-order valence-electron chi connectivity index (χ4n) is 9.72. The minimum Gasteiger partial charge on any atom is -0.462 e. The van der Waals surface area contributed by atoms with E-state index in [-0.39, 0.29) is 25.7 Å². The van der Waals surface area contributed by atoms with Gasteiger partial charge in [0, 0.05) is 25.7 Å². The zero-order valence-corrected chi connectivity index (χ0v) is 57.0. The van der Waals surface area contributed by atoms with Crippen molar-refractivity contribution in [3.63, 3.8) is 0 Å². The van der Waals surface area contributed by atoms with Crippen LogP contribution in [0.25, 0.3) is 0 Å². The second kappa shape index (κ2) is 56.1. The molecule has 0 bridgehead atoms. The summed E-state index contributed by atoms with van der Waals surface area (Å²) < 4.78 is 68.1. The fraction of sp³-hybridized carbons (Fsp3) is 0.939. The predicted molar refractivity (Wildman–Crippen MR) is 340 cm³/mol. The van der Waals surface area contributed by atoms with Gasteiger partial charge in [0.15, 0.2) is 12.2 Å². The topological polar surface area (TPSA) is 237 Å². The van der Waals surface area contributed by atoms with Gasteiger partial charge in [-0.05, 0) is 49.4 Å². The average molecular weight is 1260 g/mol. The first kappa shape index (κ1) is 83.1. The van der Waals surface area contributed by atoms with E-state index in [4.69, 9.17) is 37.0 Å². The second-order valence-corrected chi connectivity index (χ2v) is 28.2. The normalized spacial score (nSPS) is 15.0. The summed E-state index contributed by atoms with van der Waals surface area (Å²) in [6.45, 7) is 14.0. The van der Waals surface area contributed by atoms with Crippen molar-refractivity contribution in [2.45, 2.75) is 337 Å². The molecule has 0 aromatic carbocycles. The Hall–Kier alpha value is -1.94. The summed E-state index contributed by atoms with van der Waals surface area (Å²) in [7, 11) is -9.89. The molecule has 0 amide bonds.